The van der Waals surface area contributed by atoms with Crippen LogP contribution in [0, 0.1) is 0 Å². The molecule has 128 valence electrons. The summed E-state index contributed by atoms with van der Waals surface area (Å²) < 4.78 is 7.18. The van der Waals surface area contributed by atoms with Gasteiger partial charge in [0.25, 0.3) is 5.56 Å². The lowest BCUT2D eigenvalue weighted by Gasteiger charge is -2.34. The third-order valence-electron chi connectivity index (χ3n) is 4.34. The molecule has 3 rings (SSSR count). The number of rotatable bonds is 4. The summed E-state index contributed by atoms with van der Waals surface area (Å²) in [5.41, 5.74) is 1.84. The number of piperidine rings is 1. The van der Waals surface area contributed by atoms with Crippen molar-refractivity contribution in [1.29, 1.82) is 0 Å². The van der Waals surface area contributed by atoms with Gasteiger partial charge in [-0.05, 0) is 40.9 Å². The first-order valence-corrected chi connectivity index (χ1v) is 8.75. The van der Waals surface area contributed by atoms with E-state index in [1.54, 1.807) is 20.4 Å². The van der Waals surface area contributed by atoms with Gasteiger partial charge in [-0.2, -0.15) is 5.10 Å². The van der Waals surface area contributed by atoms with Crippen LogP contribution < -0.4 is 20.5 Å². The van der Waals surface area contributed by atoms with Gasteiger partial charge >= 0.3 is 0 Å². The minimum atomic E-state index is -0.107. The summed E-state index contributed by atoms with van der Waals surface area (Å²) >= 11 is 3.41. The number of anilines is 2. The van der Waals surface area contributed by atoms with E-state index in [1.165, 1.54) is 4.68 Å². The highest BCUT2D eigenvalue weighted by Crippen LogP contribution is 2.26. The number of hydrogen-bond donors (Lipinski definition) is 1. The maximum atomic E-state index is 12.0. The molecule has 0 spiro atoms. The molecule has 6 nitrogen and oxygen atoms in total. The predicted molar refractivity (Wildman–Crippen MR) is 99.0 cm³/mol. The lowest BCUT2D eigenvalue weighted by atomic mass is 10.0. The van der Waals surface area contributed by atoms with Crippen LogP contribution in [0.5, 0.6) is 5.75 Å². The summed E-state index contributed by atoms with van der Waals surface area (Å²) in [6.07, 6.45) is 3.75. The first-order valence-electron chi connectivity index (χ1n) is 7.96. The van der Waals surface area contributed by atoms with Gasteiger partial charge in [0.05, 0.1) is 19.0 Å². The quantitative estimate of drug-likeness (QED) is 0.866. The third kappa shape index (κ3) is 3.56. The molecule has 24 heavy (non-hydrogen) atoms. The summed E-state index contributed by atoms with van der Waals surface area (Å²) in [5, 5.41) is 7.69. The van der Waals surface area contributed by atoms with E-state index in [2.05, 4.69) is 37.3 Å². The molecular weight excluding hydrogens is 372 g/mol. The average molecular weight is 393 g/mol. The van der Waals surface area contributed by atoms with E-state index in [9.17, 15) is 4.79 Å². The maximum absolute atomic E-state index is 12.0. The summed E-state index contributed by atoms with van der Waals surface area (Å²) in [5.74, 6) is 0.854. The molecule has 1 fully saturated rings. The maximum Gasteiger partial charge on any atom is 0.282 e. The summed E-state index contributed by atoms with van der Waals surface area (Å²) in [4.78, 5) is 14.2. The monoisotopic (exact) mass is 392 g/mol. The molecule has 0 aliphatic carbocycles. The van der Waals surface area contributed by atoms with E-state index in [0.29, 0.717) is 10.5 Å². The van der Waals surface area contributed by atoms with Crippen LogP contribution in [-0.4, -0.2) is 36.0 Å². The van der Waals surface area contributed by atoms with E-state index < -0.39 is 0 Å². The molecule has 0 saturated carbocycles. The van der Waals surface area contributed by atoms with Gasteiger partial charge in [0.2, 0.25) is 0 Å². The first-order chi connectivity index (χ1) is 11.6. The molecular formula is C17H21BrN4O2. The minimum absolute atomic E-state index is 0.107. The number of aromatic nitrogens is 2. The van der Waals surface area contributed by atoms with Gasteiger partial charge in [0.1, 0.15) is 10.2 Å². The van der Waals surface area contributed by atoms with Crippen LogP contribution >= 0.6 is 15.9 Å². The number of aryl methyl sites for hydroxylation is 1. The van der Waals surface area contributed by atoms with Crippen LogP contribution in [0.3, 0.4) is 0 Å². The number of nitrogens with zero attached hydrogens (tertiary/aromatic N) is 3. The van der Waals surface area contributed by atoms with E-state index in [1.807, 2.05) is 18.2 Å². The Labute approximate surface area is 149 Å². The van der Waals surface area contributed by atoms with Crippen molar-refractivity contribution < 1.29 is 4.74 Å². The Morgan fingerprint density at radius 1 is 1.33 bits per heavy atom. The van der Waals surface area contributed by atoms with Gasteiger partial charge in [0, 0.05) is 37.9 Å². The van der Waals surface area contributed by atoms with E-state index in [4.69, 9.17) is 4.74 Å². The van der Waals surface area contributed by atoms with E-state index in [-0.39, 0.29) is 5.56 Å². The fourth-order valence-corrected chi connectivity index (χ4v) is 3.55. The Morgan fingerprint density at radius 2 is 2.08 bits per heavy atom. The van der Waals surface area contributed by atoms with Gasteiger partial charge in [-0.1, -0.05) is 6.07 Å². The number of benzene rings is 1. The van der Waals surface area contributed by atoms with Crippen molar-refractivity contribution in [1.82, 2.24) is 9.78 Å². The van der Waals surface area contributed by atoms with Crippen LogP contribution in [0.1, 0.15) is 12.8 Å². The van der Waals surface area contributed by atoms with Crippen molar-refractivity contribution in [2.24, 2.45) is 7.05 Å². The zero-order chi connectivity index (χ0) is 17.1. The Balaban J connectivity index is 1.63. The second-order valence-electron chi connectivity index (χ2n) is 5.91. The highest BCUT2D eigenvalue weighted by Gasteiger charge is 2.22. The van der Waals surface area contributed by atoms with Crippen LogP contribution in [0.25, 0.3) is 0 Å². The molecule has 0 amide bonds. The average Bonchev–Trinajstić information content (AvgIpc) is 2.61. The van der Waals surface area contributed by atoms with Crippen LogP contribution in [-0.2, 0) is 7.05 Å². The molecule has 1 saturated heterocycles. The molecule has 0 atom stereocenters. The Bertz CT molecular complexity index is 769. The molecule has 7 heteroatoms. The van der Waals surface area contributed by atoms with E-state index >= 15 is 0 Å². The van der Waals surface area contributed by atoms with Crippen molar-refractivity contribution >= 4 is 27.3 Å². The van der Waals surface area contributed by atoms with Gasteiger partial charge in [0.15, 0.2) is 0 Å². The van der Waals surface area contributed by atoms with Crippen molar-refractivity contribution in [2.45, 2.75) is 18.9 Å². The fraction of sp³-hybridized carbons (Fsp3) is 0.412. The number of ether oxygens (including phenoxy) is 1. The second-order valence-corrected chi connectivity index (χ2v) is 6.70. The van der Waals surface area contributed by atoms with Gasteiger partial charge in [-0.15, -0.1) is 0 Å². The zero-order valence-corrected chi connectivity index (χ0v) is 15.4. The molecule has 1 aliphatic heterocycles. The molecule has 0 radical (unpaired) electrons. The smallest absolute Gasteiger partial charge is 0.282 e. The summed E-state index contributed by atoms with van der Waals surface area (Å²) in [6, 6.07) is 8.39. The lowest BCUT2D eigenvalue weighted by molar-refractivity contribution is 0.415. The molecule has 0 bridgehead atoms. The number of nitrogens with one attached hydrogen (secondary N) is 1. The van der Waals surface area contributed by atoms with Crippen molar-refractivity contribution in [2.75, 3.05) is 30.4 Å². The Kier molecular flexibility index (Phi) is 5.08. The lowest BCUT2D eigenvalue weighted by Crippen LogP contribution is -2.40. The summed E-state index contributed by atoms with van der Waals surface area (Å²) in [7, 11) is 3.33. The molecule has 0 unspecified atom stereocenters. The van der Waals surface area contributed by atoms with Crippen molar-refractivity contribution in [3.63, 3.8) is 0 Å². The van der Waals surface area contributed by atoms with Crippen molar-refractivity contribution in [3.05, 3.63) is 45.3 Å². The summed E-state index contributed by atoms with van der Waals surface area (Å²) in [6.45, 7) is 1.77. The van der Waals surface area contributed by atoms with Gasteiger partial charge < -0.3 is 15.0 Å². The first kappa shape index (κ1) is 16.8. The highest BCUT2D eigenvalue weighted by molar-refractivity contribution is 9.10. The van der Waals surface area contributed by atoms with Crippen LogP contribution in [0.2, 0.25) is 0 Å². The van der Waals surface area contributed by atoms with Crippen molar-refractivity contribution in [3.8, 4) is 5.75 Å². The molecule has 2 heterocycles. The third-order valence-corrected chi connectivity index (χ3v) is 5.08. The normalized spacial score (nSPS) is 15.4. The standard InChI is InChI=1S/C17H21BrN4O2/c1-21-17(23)16(18)15(11-19-21)22-8-6-12(7-9-22)20-13-4-3-5-14(10-13)24-2/h3-5,10-12,20H,6-9H2,1-2H3. The SMILES string of the molecule is COc1cccc(NC2CCN(c3cnn(C)c(=O)c3Br)CC2)c1. The van der Waals surface area contributed by atoms with Crippen LogP contribution in [0.4, 0.5) is 11.4 Å². The largest absolute Gasteiger partial charge is 0.497 e. The number of methoxy groups -OCH3 is 1. The zero-order valence-electron chi connectivity index (χ0n) is 13.8. The molecule has 1 N–H and O–H groups in total. The molecule has 1 aliphatic rings. The molecule has 1 aromatic heterocycles. The number of halogens is 1. The van der Waals surface area contributed by atoms with Gasteiger partial charge in [-0.25, -0.2) is 4.68 Å². The van der Waals surface area contributed by atoms with Crippen LogP contribution in [0.15, 0.2) is 39.7 Å². The number of hydrogen-bond acceptors (Lipinski definition) is 5. The predicted octanol–water partition coefficient (Wildman–Crippen LogP) is 2.63. The molecule has 1 aromatic carbocycles. The Morgan fingerprint density at radius 3 is 2.79 bits per heavy atom. The topological polar surface area (TPSA) is 59.4 Å². The Hall–Kier alpha value is -2.02. The van der Waals surface area contributed by atoms with Gasteiger partial charge in [-0.3, -0.25) is 4.79 Å². The molecule has 2 aromatic rings. The second kappa shape index (κ2) is 7.25. The fourth-order valence-electron chi connectivity index (χ4n) is 2.94. The minimum Gasteiger partial charge on any atom is -0.497 e. The highest BCUT2D eigenvalue weighted by atomic mass is 79.9. The van der Waals surface area contributed by atoms with E-state index in [0.717, 1.165) is 43.1 Å².